The third-order valence-corrected chi connectivity index (χ3v) is 5.79. The summed E-state index contributed by atoms with van der Waals surface area (Å²) in [5.41, 5.74) is 0.310. The maximum Gasteiger partial charge on any atom is 0.303 e. The number of rotatable bonds is 17. The van der Waals surface area contributed by atoms with Crippen LogP contribution in [0.1, 0.15) is 102 Å². The molecule has 0 spiro atoms. The molecule has 4 heteroatoms. The minimum atomic E-state index is -0.804. The molecule has 1 aromatic carbocycles. The summed E-state index contributed by atoms with van der Waals surface area (Å²) in [4.78, 5) is 11.0. The molecular formula is C25H39NO3. The molecule has 0 saturated heterocycles. The van der Waals surface area contributed by atoms with Crippen molar-refractivity contribution in [2.75, 3.05) is 7.11 Å². The minimum absolute atomic E-state index is 0.103. The van der Waals surface area contributed by atoms with Gasteiger partial charge in [0.15, 0.2) is 0 Å². The van der Waals surface area contributed by atoms with Crippen LogP contribution in [0.2, 0.25) is 0 Å². The van der Waals surface area contributed by atoms with Gasteiger partial charge in [0.2, 0.25) is 0 Å². The largest absolute Gasteiger partial charge is 0.497 e. The van der Waals surface area contributed by atoms with Crippen molar-refractivity contribution >= 4 is 5.97 Å². The predicted octanol–water partition coefficient (Wildman–Crippen LogP) is 7.02. The summed E-state index contributed by atoms with van der Waals surface area (Å²) in [6, 6.07) is 10.2. The van der Waals surface area contributed by atoms with Crippen molar-refractivity contribution in [2.45, 2.75) is 102 Å². The van der Waals surface area contributed by atoms with Gasteiger partial charge in [-0.15, -0.1) is 0 Å². The number of hydrogen-bond acceptors (Lipinski definition) is 3. The molecule has 0 aliphatic rings. The van der Waals surface area contributed by atoms with E-state index in [1.54, 1.807) is 7.11 Å². The molecule has 0 amide bonds. The number of hydrogen-bond donors (Lipinski definition) is 1. The summed E-state index contributed by atoms with van der Waals surface area (Å²) in [6.45, 7) is 2.24. The van der Waals surface area contributed by atoms with Crippen LogP contribution in [0.3, 0.4) is 0 Å². The molecule has 1 N–H and O–H groups in total. The van der Waals surface area contributed by atoms with Crippen LogP contribution >= 0.6 is 0 Å². The maximum atomic E-state index is 11.0. The van der Waals surface area contributed by atoms with Gasteiger partial charge in [-0.05, 0) is 37.0 Å². The molecule has 162 valence electrons. The first-order valence-corrected chi connectivity index (χ1v) is 11.4. The van der Waals surface area contributed by atoms with E-state index in [9.17, 15) is 10.1 Å². The number of aliphatic carboxylic acids is 1. The van der Waals surface area contributed by atoms with Crippen LogP contribution in [0.4, 0.5) is 0 Å². The van der Waals surface area contributed by atoms with Gasteiger partial charge in [-0.3, -0.25) is 4.79 Å². The molecule has 0 bridgehead atoms. The van der Waals surface area contributed by atoms with Crippen molar-refractivity contribution in [2.24, 2.45) is 0 Å². The van der Waals surface area contributed by atoms with E-state index in [4.69, 9.17) is 9.84 Å². The second-order valence-corrected chi connectivity index (χ2v) is 8.11. The lowest BCUT2D eigenvalue weighted by molar-refractivity contribution is -0.137. The van der Waals surface area contributed by atoms with Crippen LogP contribution in [0, 0.1) is 11.3 Å². The fourth-order valence-corrected chi connectivity index (χ4v) is 3.97. The van der Waals surface area contributed by atoms with E-state index in [2.05, 4.69) is 13.0 Å². The van der Waals surface area contributed by atoms with E-state index in [0.29, 0.717) is 12.8 Å². The Kier molecular flexibility index (Phi) is 12.9. The van der Waals surface area contributed by atoms with E-state index < -0.39 is 11.4 Å². The number of nitrogens with zero attached hydrogens (tertiary/aromatic N) is 1. The van der Waals surface area contributed by atoms with Crippen LogP contribution < -0.4 is 4.74 Å². The zero-order valence-corrected chi connectivity index (χ0v) is 18.4. The Morgan fingerprint density at radius 1 is 1.00 bits per heavy atom. The van der Waals surface area contributed by atoms with Gasteiger partial charge in [0.05, 0.1) is 18.6 Å². The molecule has 0 fully saturated rings. The summed E-state index contributed by atoms with van der Waals surface area (Å²) in [7, 11) is 1.62. The lowest BCUT2D eigenvalue weighted by Gasteiger charge is -2.27. The summed E-state index contributed by atoms with van der Waals surface area (Å²) in [5, 5.41) is 19.1. The zero-order valence-electron chi connectivity index (χ0n) is 18.4. The van der Waals surface area contributed by atoms with Gasteiger partial charge >= 0.3 is 5.97 Å². The van der Waals surface area contributed by atoms with Crippen LogP contribution in [0.15, 0.2) is 24.3 Å². The van der Waals surface area contributed by atoms with Gasteiger partial charge in [-0.25, -0.2) is 0 Å². The van der Waals surface area contributed by atoms with Crippen LogP contribution in [-0.2, 0) is 10.2 Å². The molecule has 0 heterocycles. The van der Waals surface area contributed by atoms with E-state index >= 15 is 0 Å². The summed E-state index contributed by atoms with van der Waals surface area (Å²) >= 11 is 0. The van der Waals surface area contributed by atoms with Crippen molar-refractivity contribution in [1.29, 1.82) is 5.26 Å². The molecule has 4 nitrogen and oxygen atoms in total. The molecule has 0 aliphatic heterocycles. The third kappa shape index (κ3) is 9.83. The molecule has 0 aliphatic carbocycles. The van der Waals surface area contributed by atoms with Gasteiger partial charge < -0.3 is 9.84 Å². The van der Waals surface area contributed by atoms with Crippen molar-refractivity contribution in [3.05, 3.63) is 29.8 Å². The first-order valence-electron chi connectivity index (χ1n) is 11.4. The standard InChI is InChI=1S/C25H39NO3/c1-3-4-5-6-7-8-9-10-11-12-18-25(21-26,19-14-17-24(27)28)22-15-13-16-23(20-22)29-2/h13,15-16,20H,3-12,14,17-19H2,1-2H3,(H,27,28). The highest BCUT2D eigenvalue weighted by Crippen LogP contribution is 2.36. The number of carbonyl (C=O) groups is 1. The Bertz CT molecular complexity index is 623. The Labute approximate surface area is 177 Å². The highest BCUT2D eigenvalue weighted by molar-refractivity contribution is 5.66. The number of methoxy groups -OCH3 is 1. The highest BCUT2D eigenvalue weighted by Gasteiger charge is 2.32. The average Bonchev–Trinajstić information content (AvgIpc) is 2.73. The Morgan fingerprint density at radius 3 is 2.14 bits per heavy atom. The first kappa shape index (κ1) is 25.0. The Morgan fingerprint density at radius 2 is 1.59 bits per heavy atom. The molecule has 1 atom stereocenters. The minimum Gasteiger partial charge on any atom is -0.497 e. The van der Waals surface area contributed by atoms with Gasteiger partial charge in [-0.1, -0.05) is 83.3 Å². The van der Waals surface area contributed by atoms with Gasteiger partial charge in [0.1, 0.15) is 5.75 Å². The van der Waals surface area contributed by atoms with Crippen molar-refractivity contribution in [1.82, 2.24) is 0 Å². The average molecular weight is 402 g/mol. The molecular weight excluding hydrogens is 362 g/mol. The smallest absolute Gasteiger partial charge is 0.303 e. The topological polar surface area (TPSA) is 70.3 Å². The summed E-state index contributed by atoms with van der Waals surface area (Å²) < 4.78 is 5.34. The van der Waals surface area contributed by atoms with Gasteiger partial charge in [0.25, 0.3) is 0 Å². The molecule has 0 radical (unpaired) electrons. The number of nitriles is 1. The van der Waals surface area contributed by atoms with Crippen molar-refractivity contribution in [3.63, 3.8) is 0 Å². The fraction of sp³-hybridized carbons (Fsp3) is 0.680. The van der Waals surface area contributed by atoms with E-state index in [1.165, 1.54) is 51.4 Å². The number of carboxylic acid groups (broad SMARTS) is 1. The second kappa shape index (κ2) is 14.9. The quantitative estimate of drug-likeness (QED) is 0.285. The molecule has 29 heavy (non-hydrogen) atoms. The van der Waals surface area contributed by atoms with E-state index in [-0.39, 0.29) is 6.42 Å². The molecule has 1 aromatic rings. The SMILES string of the molecule is CCCCCCCCCCCCC(C#N)(CCCC(=O)O)c1cccc(OC)c1. The fourth-order valence-electron chi connectivity index (χ4n) is 3.97. The number of ether oxygens (including phenoxy) is 1. The lowest BCUT2D eigenvalue weighted by atomic mass is 9.73. The van der Waals surface area contributed by atoms with Crippen molar-refractivity contribution in [3.8, 4) is 11.8 Å². The Balaban J connectivity index is 2.56. The first-order chi connectivity index (χ1) is 14.1. The van der Waals surface area contributed by atoms with Crippen LogP contribution in [0.5, 0.6) is 5.75 Å². The second-order valence-electron chi connectivity index (χ2n) is 8.11. The predicted molar refractivity (Wildman–Crippen MR) is 118 cm³/mol. The molecule has 0 aromatic heterocycles. The van der Waals surface area contributed by atoms with E-state index in [0.717, 1.165) is 30.6 Å². The van der Waals surface area contributed by atoms with Gasteiger partial charge in [-0.2, -0.15) is 5.26 Å². The Hall–Kier alpha value is -2.02. The van der Waals surface area contributed by atoms with Gasteiger partial charge in [0, 0.05) is 6.42 Å². The maximum absolute atomic E-state index is 11.0. The van der Waals surface area contributed by atoms with Crippen LogP contribution in [-0.4, -0.2) is 18.2 Å². The van der Waals surface area contributed by atoms with Crippen molar-refractivity contribution < 1.29 is 14.6 Å². The molecule has 1 unspecified atom stereocenters. The number of benzene rings is 1. The summed E-state index contributed by atoms with van der Waals surface area (Å²) in [6.07, 6.45) is 14.5. The third-order valence-electron chi connectivity index (χ3n) is 5.79. The van der Waals surface area contributed by atoms with E-state index in [1.807, 2.05) is 24.3 Å². The monoisotopic (exact) mass is 401 g/mol. The number of carboxylic acids is 1. The van der Waals surface area contributed by atoms with Crippen LogP contribution in [0.25, 0.3) is 0 Å². The lowest BCUT2D eigenvalue weighted by Crippen LogP contribution is -2.24. The molecule has 1 rings (SSSR count). The highest BCUT2D eigenvalue weighted by atomic mass is 16.5. The zero-order chi connectivity index (χ0) is 21.4. The summed E-state index contributed by atoms with van der Waals surface area (Å²) in [5.74, 6) is -0.0650. The molecule has 0 saturated carbocycles. The normalized spacial score (nSPS) is 12.9. The number of unbranched alkanes of at least 4 members (excludes halogenated alkanes) is 9.